The van der Waals surface area contributed by atoms with E-state index >= 15 is 0 Å². The Morgan fingerprint density at radius 2 is 1.82 bits per heavy atom. The highest BCUT2D eigenvalue weighted by Crippen LogP contribution is 2.37. The van der Waals surface area contributed by atoms with Gasteiger partial charge in [-0.1, -0.05) is 31.2 Å². The molecule has 2 aromatic heterocycles. The molecule has 0 amide bonds. The van der Waals surface area contributed by atoms with Gasteiger partial charge in [-0.3, -0.25) is 9.78 Å². The zero-order valence-electron chi connectivity index (χ0n) is 16.2. The van der Waals surface area contributed by atoms with Gasteiger partial charge in [0, 0.05) is 34.5 Å². The van der Waals surface area contributed by atoms with E-state index in [9.17, 15) is 4.79 Å². The fourth-order valence-electron chi connectivity index (χ4n) is 3.62. The third kappa shape index (κ3) is 3.07. The minimum atomic E-state index is -0.130. The number of aromatic nitrogens is 2. The SMILES string of the molecule is CCc1ccc(-c2cnc3c(-c4ccc[nH]c4=O)cc(C)c(OC)c3c2)cc1. The number of benzene rings is 2. The van der Waals surface area contributed by atoms with E-state index in [-0.39, 0.29) is 5.56 Å². The van der Waals surface area contributed by atoms with Gasteiger partial charge in [0.15, 0.2) is 0 Å². The molecule has 140 valence electrons. The number of nitrogens with zero attached hydrogens (tertiary/aromatic N) is 1. The molecule has 4 rings (SSSR count). The fourth-order valence-corrected chi connectivity index (χ4v) is 3.62. The molecule has 0 fully saturated rings. The van der Waals surface area contributed by atoms with E-state index in [4.69, 9.17) is 9.72 Å². The molecule has 0 unspecified atom stereocenters. The molecule has 0 saturated carbocycles. The van der Waals surface area contributed by atoms with Crippen molar-refractivity contribution >= 4 is 10.9 Å². The number of pyridine rings is 2. The molecule has 28 heavy (non-hydrogen) atoms. The van der Waals surface area contributed by atoms with Gasteiger partial charge >= 0.3 is 0 Å². The van der Waals surface area contributed by atoms with Crippen molar-refractivity contribution < 1.29 is 4.74 Å². The van der Waals surface area contributed by atoms with Crippen LogP contribution in [0.15, 0.2) is 65.7 Å². The zero-order chi connectivity index (χ0) is 19.7. The molecule has 4 aromatic rings. The molecule has 2 heterocycles. The number of hydrogen-bond donors (Lipinski definition) is 1. The second kappa shape index (κ2) is 7.31. The summed E-state index contributed by atoms with van der Waals surface area (Å²) in [6, 6.07) is 16.2. The van der Waals surface area contributed by atoms with E-state index in [1.807, 2.05) is 31.3 Å². The smallest absolute Gasteiger partial charge is 0.255 e. The third-order valence-corrected chi connectivity index (χ3v) is 5.11. The number of hydrogen-bond acceptors (Lipinski definition) is 3. The summed E-state index contributed by atoms with van der Waals surface area (Å²) in [7, 11) is 1.67. The maximum absolute atomic E-state index is 12.4. The van der Waals surface area contributed by atoms with Crippen LogP contribution in [0.1, 0.15) is 18.1 Å². The third-order valence-electron chi connectivity index (χ3n) is 5.11. The van der Waals surface area contributed by atoms with Gasteiger partial charge in [0.25, 0.3) is 5.56 Å². The Kier molecular flexibility index (Phi) is 4.70. The standard InChI is InChI=1S/C24H22N2O2/c1-4-16-7-9-17(10-8-16)18-13-21-22(26-14-18)20(12-15(2)23(21)28-3)19-6-5-11-25-24(19)27/h5-14H,4H2,1-3H3,(H,25,27). The zero-order valence-corrected chi connectivity index (χ0v) is 16.2. The van der Waals surface area contributed by atoms with Crippen LogP contribution in [0.3, 0.4) is 0 Å². The van der Waals surface area contributed by atoms with Gasteiger partial charge in [0.05, 0.1) is 12.6 Å². The Bertz CT molecular complexity index is 1210. The number of nitrogens with one attached hydrogen (secondary N) is 1. The van der Waals surface area contributed by atoms with E-state index in [0.29, 0.717) is 5.56 Å². The van der Waals surface area contributed by atoms with Crippen molar-refractivity contribution in [1.29, 1.82) is 0 Å². The van der Waals surface area contributed by atoms with Crippen molar-refractivity contribution in [3.63, 3.8) is 0 Å². The Morgan fingerprint density at radius 1 is 1.04 bits per heavy atom. The maximum atomic E-state index is 12.4. The minimum absolute atomic E-state index is 0.130. The normalized spacial score (nSPS) is 11.0. The molecule has 4 nitrogen and oxygen atoms in total. The summed E-state index contributed by atoms with van der Waals surface area (Å²) in [6.45, 7) is 4.13. The predicted molar refractivity (Wildman–Crippen MR) is 114 cm³/mol. The van der Waals surface area contributed by atoms with Crippen molar-refractivity contribution in [3.05, 3.63) is 82.4 Å². The summed E-state index contributed by atoms with van der Waals surface area (Å²) in [6.07, 6.45) is 4.51. The van der Waals surface area contributed by atoms with Gasteiger partial charge in [-0.2, -0.15) is 0 Å². The maximum Gasteiger partial charge on any atom is 0.255 e. The Hall–Kier alpha value is -3.40. The summed E-state index contributed by atoms with van der Waals surface area (Å²) in [5.74, 6) is 0.783. The van der Waals surface area contributed by atoms with Crippen molar-refractivity contribution in [2.45, 2.75) is 20.3 Å². The molecule has 0 aliphatic carbocycles. The van der Waals surface area contributed by atoms with Crippen LogP contribution in [0.25, 0.3) is 33.2 Å². The van der Waals surface area contributed by atoms with E-state index in [0.717, 1.165) is 45.3 Å². The molecular formula is C24H22N2O2. The molecule has 1 N–H and O–H groups in total. The molecule has 0 radical (unpaired) electrons. The van der Waals surface area contributed by atoms with E-state index in [1.54, 1.807) is 13.3 Å². The number of aromatic amines is 1. The molecular weight excluding hydrogens is 348 g/mol. The van der Waals surface area contributed by atoms with E-state index in [2.05, 4.69) is 42.2 Å². The van der Waals surface area contributed by atoms with Crippen LogP contribution in [0.4, 0.5) is 0 Å². The number of fused-ring (bicyclic) bond motifs is 1. The van der Waals surface area contributed by atoms with E-state index < -0.39 is 0 Å². The average molecular weight is 370 g/mol. The Balaban J connectivity index is 1.97. The summed E-state index contributed by atoms with van der Waals surface area (Å²) >= 11 is 0. The van der Waals surface area contributed by atoms with Crippen LogP contribution < -0.4 is 10.3 Å². The Labute approximate surface area is 163 Å². The first-order chi connectivity index (χ1) is 13.6. The molecule has 0 spiro atoms. The predicted octanol–water partition coefficient (Wildman–Crippen LogP) is 5.14. The van der Waals surface area contributed by atoms with Crippen LogP contribution in [0, 0.1) is 6.92 Å². The highest BCUT2D eigenvalue weighted by Gasteiger charge is 2.16. The molecule has 0 aliphatic rings. The summed E-state index contributed by atoms with van der Waals surface area (Å²) in [5, 5.41) is 0.901. The van der Waals surface area contributed by atoms with Gasteiger partial charge in [-0.05, 0) is 54.3 Å². The topological polar surface area (TPSA) is 55.0 Å². The van der Waals surface area contributed by atoms with Crippen molar-refractivity contribution in [1.82, 2.24) is 9.97 Å². The Morgan fingerprint density at radius 3 is 2.50 bits per heavy atom. The summed E-state index contributed by atoms with van der Waals surface area (Å²) < 4.78 is 5.68. The number of rotatable bonds is 4. The molecule has 0 atom stereocenters. The lowest BCUT2D eigenvalue weighted by Gasteiger charge is -2.14. The highest BCUT2D eigenvalue weighted by molar-refractivity contribution is 6.00. The molecule has 2 aromatic carbocycles. The van der Waals surface area contributed by atoms with Crippen LogP contribution in [-0.2, 0) is 6.42 Å². The first-order valence-electron chi connectivity index (χ1n) is 9.37. The van der Waals surface area contributed by atoms with Gasteiger partial charge in [0.2, 0.25) is 0 Å². The molecule has 0 bridgehead atoms. The van der Waals surface area contributed by atoms with Crippen molar-refractivity contribution in [2.24, 2.45) is 0 Å². The van der Waals surface area contributed by atoms with Crippen molar-refractivity contribution in [3.8, 4) is 28.0 Å². The average Bonchev–Trinajstić information content (AvgIpc) is 2.73. The second-order valence-electron chi connectivity index (χ2n) is 6.86. The number of aryl methyl sites for hydroxylation is 2. The van der Waals surface area contributed by atoms with Crippen LogP contribution in [0.2, 0.25) is 0 Å². The summed E-state index contributed by atoms with van der Waals surface area (Å²) in [5.41, 5.74) is 6.43. The molecule has 4 heteroatoms. The summed E-state index contributed by atoms with van der Waals surface area (Å²) in [4.78, 5) is 19.8. The van der Waals surface area contributed by atoms with Gasteiger partial charge in [-0.25, -0.2) is 0 Å². The van der Waals surface area contributed by atoms with Crippen molar-refractivity contribution in [2.75, 3.05) is 7.11 Å². The van der Waals surface area contributed by atoms with Gasteiger partial charge in [0.1, 0.15) is 5.75 Å². The highest BCUT2D eigenvalue weighted by atomic mass is 16.5. The van der Waals surface area contributed by atoms with Crippen LogP contribution in [-0.4, -0.2) is 17.1 Å². The van der Waals surface area contributed by atoms with Gasteiger partial charge in [-0.15, -0.1) is 0 Å². The number of H-pyrrole nitrogens is 1. The minimum Gasteiger partial charge on any atom is -0.496 e. The van der Waals surface area contributed by atoms with Gasteiger partial charge < -0.3 is 9.72 Å². The molecule has 0 aliphatic heterocycles. The fraction of sp³-hybridized carbons (Fsp3) is 0.167. The first-order valence-corrected chi connectivity index (χ1v) is 9.37. The van der Waals surface area contributed by atoms with Crippen LogP contribution >= 0.6 is 0 Å². The van der Waals surface area contributed by atoms with Crippen LogP contribution in [0.5, 0.6) is 5.75 Å². The number of methoxy groups -OCH3 is 1. The first kappa shape index (κ1) is 18.0. The lowest BCUT2D eigenvalue weighted by molar-refractivity contribution is 0.417. The lowest BCUT2D eigenvalue weighted by Crippen LogP contribution is -2.08. The quantitative estimate of drug-likeness (QED) is 0.541. The second-order valence-corrected chi connectivity index (χ2v) is 6.86. The monoisotopic (exact) mass is 370 g/mol. The number of ether oxygens (including phenoxy) is 1. The lowest BCUT2D eigenvalue weighted by atomic mass is 9.97. The molecule has 0 saturated heterocycles. The van der Waals surface area contributed by atoms with E-state index in [1.165, 1.54) is 5.56 Å². The largest absolute Gasteiger partial charge is 0.496 e.